The monoisotopic (exact) mass is 420 g/mol. The average molecular weight is 420 g/mol. The Morgan fingerprint density at radius 2 is 1.90 bits per heavy atom. The van der Waals surface area contributed by atoms with Gasteiger partial charge in [-0.05, 0) is 54.4 Å². The van der Waals surface area contributed by atoms with E-state index in [0.29, 0.717) is 36.3 Å². The van der Waals surface area contributed by atoms with Crippen LogP contribution in [0.1, 0.15) is 22.3 Å². The lowest BCUT2D eigenvalue weighted by molar-refractivity contribution is 0.100. The van der Waals surface area contributed by atoms with Gasteiger partial charge in [-0.2, -0.15) is 0 Å². The first kappa shape index (κ1) is 20.3. The van der Waals surface area contributed by atoms with Crippen molar-refractivity contribution in [2.75, 3.05) is 22.5 Å². The highest BCUT2D eigenvalue weighted by atomic mass is 16.6. The van der Waals surface area contributed by atoms with Gasteiger partial charge in [-0.25, -0.2) is 4.79 Å². The van der Waals surface area contributed by atoms with Crippen molar-refractivity contribution in [2.45, 2.75) is 25.0 Å². The maximum absolute atomic E-state index is 12.6. The van der Waals surface area contributed by atoms with Gasteiger partial charge in [0.1, 0.15) is 6.10 Å². The van der Waals surface area contributed by atoms with E-state index >= 15 is 0 Å². The summed E-state index contributed by atoms with van der Waals surface area (Å²) in [4.78, 5) is 26.1. The van der Waals surface area contributed by atoms with Crippen molar-refractivity contribution in [3.05, 3.63) is 78.3 Å². The molecule has 1 aromatic heterocycles. The third-order valence-electron chi connectivity index (χ3n) is 5.45. The molecule has 8 nitrogen and oxygen atoms in total. The van der Waals surface area contributed by atoms with Crippen LogP contribution in [0.2, 0.25) is 0 Å². The minimum Gasteiger partial charge on any atom is -0.472 e. The van der Waals surface area contributed by atoms with Crippen LogP contribution in [0.3, 0.4) is 0 Å². The molecule has 5 N–H and O–H groups in total. The van der Waals surface area contributed by atoms with E-state index in [4.69, 9.17) is 20.6 Å². The fraction of sp³-hybridized carbons (Fsp3) is 0.217. The van der Waals surface area contributed by atoms with Gasteiger partial charge in [0.05, 0.1) is 29.9 Å². The van der Waals surface area contributed by atoms with Gasteiger partial charge in [0.25, 0.3) is 5.91 Å². The van der Waals surface area contributed by atoms with E-state index in [2.05, 4.69) is 10.2 Å². The number of amides is 2. The molecule has 2 amide bonds. The molecule has 0 spiro atoms. The summed E-state index contributed by atoms with van der Waals surface area (Å²) in [6, 6.07) is 16.2. The molecule has 160 valence electrons. The van der Waals surface area contributed by atoms with Gasteiger partial charge < -0.3 is 30.8 Å². The summed E-state index contributed by atoms with van der Waals surface area (Å²) in [5, 5.41) is 2.82. The lowest BCUT2D eigenvalue weighted by Crippen LogP contribution is -2.40. The minimum absolute atomic E-state index is 0.0890. The standard InChI is InChI=1S/C23H24N4O4/c24-18-3-1-2-4-19(18)26-22(28)16-5-7-17(8-6-16)27-11-9-21(31-23(25)29)20(27)13-15-10-12-30-14-15/h1-8,10,12,14,20-21H,9,11,13,24H2,(H2,25,29)(H,26,28). The zero-order valence-corrected chi connectivity index (χ0v) is 16.9. The van der Waals surface area contributed by atoms with Crippen molar-refractivity contribution in [2.24, 2.45) is 5.73 Å². The lowest BCUT2D eigenvalue weighted by atomic mass is 10.0. The maximum atomic E-state index is 12.6. The summed E-state index contributed by atoms with van der Waals surface area (Å²) in [5.74, 6) is -0.240. The largest absolute Gasteiger partial charge is 0.472 e. The second-order valence-electron chi connectivity index (χ2n) is 7.45. The summed E-state index contributed by atoms with van der Waals surface area (Å²) in [6.07, 6.45) is 3.50. The van der Waals surface area contributed by atoms with E-state index in [-0.39, 0.29) is 18.1 Å². The zero-order chi connectivity index (χ0) is 21.8. The molecule has 2 heterocycles. The van der Waals surface area contributed by atoms with E-state index in [9.17, 15) is 9.59 Å². The number of nitrogens with zero attached hydrogens (tertiary/aromatic N) is 1. The van der Waals surface area contributed by atoms with Gasteiger partial charge in [0.15, 0.2) is 0 Å². The fourth-order valence-corrected chi connectivity index (χ4v) is 3.93. The SMILES string of the molecule is NC(=O)OC1CCN(c2ccc(C(=O)Nc3ccccc3N)cc2)C1Cc1ccoc1. The number of rotatable bonds is 6. The Hall–Kier alpha value is -3.94. The highest BCUT2D eigenvalue weighted by Gasteiger charge is 2.37. The van der Waals surface area contributed by atoms with E-state index < -0.39 is 6.09 Å². The van der Waals surface area contributed by atoms with Gasteiger partial charge in [-0.15, -0.1) is 0 Å². The van der Waals surface area contributed by atoms with Crippen LogP contribution in [0.4, 0.5) is 21.9 Å². The van der Waals surface area contributed by atoms with Crippen LogP contribution in [-0.2, 0) is 11.2 Å². The highest BCUT2D eigenvalue weighted by molar-refractivity contribution is 6.05. The Morgan fingerprint density at radius 1 is 1.13 bits per heavy atom. The predicted molar refractivity (Wildman–Crippen MR) is 118 cm³/mol. The topological polar surface area (TPSA) is 124 Å². The number of ether oxygens (including phenoxy) is 1. The molecule has 3 aromatic rings. The molecule has 1 aliphatic heterocycles. The molecule has 0 bridgehead atoms. The molecule has 8 heteroatoms. The first-order chi connectivity index (χ1) is 15.0. The van der Waals surface area contributed by atoms with Crippen molar-refractivity contribution in [1.82, 2.24) is 0 Å². The van der Waals surface area contributed by atoms with E-state index in [1.165, 1.54) is 0 Å². The molecular formula is C23H24N4O4. The Kier molecular flexibility index (Phi) is 5.79. The predicted octanol–water partition coefficient (Wildman–Crippen LogP) is 3.40. The van der Waals surface area contributed by atoms with Crippen molar-refractivity contribution < 1.29 is 18.7 Å². The summed E-state index contributed by atoms with van der Waals surface area (Å²) in [6.45, 7) is 0.701. The number of carbonyl (C=O) groups is 2. The average Bonchev–Trinajstić information content (AvgIpc) is 3.40. The van der Waals surface area contributed by atoms with E-state index in [1.54, 1.807) is 36.8 Å². The fourth-order valence-electron chi connectivity index (χ4n) is 3.93. The molecule has 0 saturated carbocycles. The lowest BCUT2D eigenvalue weighted by Gasteiger charge is -2.29. The Bertz CT molecular complexity index is 1050. The molecular weight excluding hydrogens is 396 g/mol. The first-order valence-corrected chi connectivity index (χ1v) is 10.0. The van der Waals surface area contributed by atoms with Crippen LogP contribution in [0.15, 0.2) is 71.5 Å². The molecule has 1 fully saturated rings. The molecule has 0 radical (unpaired) electrons. The summed E-state index contributed by atoms with van der Waals surface area (Å²) in [5.41, 5.74) is 14.7. The summed E-state index contributed by atoms with van der Waals surface area (Å²) >= 11 is 0. The second-order valence-corrected chi connectivity index (χ2v) is 7.45. The van der Waals surface area contributed by atoms with Crippen molar-refractivity contribution in [3.8, 4) is 0 Å². The van der Waals surface area contributed by atoms with Crippen molar-refractivity contribution in [3.63, 3.8) is 0 Å². The van der Waals surface area contributed by atoms with E-state index in [1.807, 2.05) is 30.3 Å². The minimum atomic E-state index is -0.781. The first-order valence-electron chi connectivity index (χ1n) is 10.0. The molecule has 31 heavy (non-hydrogen) atoms. The number of nitrogen functional groups attached to an aromatic ring is 1. The van der Waals surface area contributed by atoms with Gasteiger partial charge in [0, 0.05) is 24.2 Å². The summed E-state index contributed by atoms with van der Waals surface area (Å²) < 4.78 is 10.5. The van der Waals surface area contributed by atoms with Crippen LogP contribution < -0.4 is 21.7 Å². The molecule has 2 atom stereocenters. The van der Waals surface area contributed by atoms with Crippen molar-refractivity contribution in [1.29, 1.82) is 0 Å². The van der Waals surface area contributed by atoms with Crippen LogP contribution >= 0.6 is 0 Å². The Balaban J connectivity index is 1.50. The number of furan rings is 1. The third kappa shape index (κ3) is 4.63. The van der Waals surface area contributed by atoms with Crippen LogP contribution in [0.25, 0.3) is 0 Å². The van der Waals surface area contributed by atoms with Gasteiger partial charge in [0.2, 0.25) is 0 Å². The second kappa shape index (κ2) is 8.83. The molecule has 1 saturated heterocycles. The van der Waals surface area contributed by atoms with Gasteiger partial charge in [-0.3, -0.25) is 4.79 Å². The highest BCUT2D eigenvalue weighted by Crippen LogP contribution is 2.30. The number of carbonyl (C=O) groups excluding carboxylic acids is 2. The number of primary amides is 1. The quantitative estimate of drug-likeness (QED) is 0.525. The number of hydrogen-bond donors (Lipinski definition) is 3. The number of benzene rings is 2. The molecule has 2 aromatic carbocycles. The number of anilines is 3. The molecule has 2 unspecified atom stereocenters. The number of para-hydroxylation sites is 2. The van der Waals surface area contributed by atoms with Gasteiger partial charge in [-0.1, -0.05) is 12.1 Å². The summed E-state index contributed by atoms with van der Waals surface area (Å²) in [7, 11) is 0. The Labute approximate surface area is 179 Å². The van der Waals surface area contributed by atoms with Crippen LogP contribution in [0, 0.1) is 0 Å². The van der Waals surface area contributed by atoms with Crippen LogP contribution in [0.5, 0.6) is 0 Å². The maximum Gasteiger partial charge on any atom is 0.404 e. The number of nitrogens with two attached hydrogens (primary N) is 2. The van der Waals surface area contributed by atoms with Crippen LogP contribution in [-0.4, -0.2) is 30.7 Å². The smallest absolute Gasteiger partial charge is 0.404 e. The third-order valence-corrected chi connectivity index (χ3v) is 5.45. The molecule has 1 aliphatic rings. The van der Waals surface area contributed by atoms with E-state index in [0.717, 1.165) is 11.3 Å². The molecule has 4 rings (SSSR count). The Morgan fingerprint density at radius 3 is 2.58 bits per heavy atom. The number of hydrogen-bond acceptors (Lipinski definition) is 6. The normalized spacial score (nSPS) is 18.0. The molecule has 0 aliphatic carbocycles. The number of nitrogens with one attached hydrogen (secondary N) is 1. The van der Waals surface area contributed by atoms with Crippen molar-refractivity contribution >= 4 is 29.1 Å². The zero-order valence-electron chi connectivity index (χ0n) is 16.9. The van der Waals surface area contributed by atoms with Gasteiger partial charge >= 0.3 is 6.09 Å².